The van der Waals surface area contributed by atoms with E-state index >= 15 is 0 Å². The highest BCUT2D eigenvalue weighted by molar-refractivity contribution is 8.76. The van der Waals surface area contributed by atoms with Crippen molar-refractivity contribution in [2.45, 2.75) is 25.3 Å². The molecule has 0 fully saturated rings. The van der Waals surface area contributed by atoms with Crippen molar-refractivity contribution in [1.29, 1.82) is 0 Å². The molecule has 144 valence electrons. The largest absolute Gasteiger partial charge is 0.497 e. The SMILES string of the molecule is CCSSC(C)c1cc(OC)cc[n+]1-c1nc2ccc(C(F)(F)F)cc2[nH]1. The lowest BCUT2D eigenvalue weighted by Crippen LogP contribution is -2.37. The first-order chi connectivity index (χ1) is 12.8. The maximum absolute atomic E-state index is 13.0. The van der Waals surface area contributed by atoms with Gasteiger partial charge in [-0.15, -0.1) is 0 Å². The molecule has 1 unspecified atom stereocenters. The predicted molar refractivity (Wildman–Crippen MR) is 103 cm³/mol. The molecule has 2 aromatic heterocycles. The van der Waals surface area contributed by atoms with Gasteiger partial charge in [0.05, 0.1) is 24.1 Å². The van der Waals surface area contributed by atoms with Crippen molar-refractivity contribution in [2.75, 3.05) is 12.9 Å². The zero-order valence-corrected chi connectivity index (χ0v) is 16.6. The number of alkyl halides is 3. The highest BCUT2D eigenvalue weighted by Gasteiger charge is 2.32. The highest BCUT2D eigenvalue weighted by Crippen LogP contribution is 2.37. The van der Waals surface area contributed by atoms with E-state index in [0.29, 0.717) is 22.7 Å². The van der Waals surface area contributed by atoms with Gasteiger partial charge < -0.3 is 4.74 Å². The molecule has 1 N–H and O–H groups in total. The van der Waals surface area contributed by atoms with Gasteiger partial charge in [-0.05, 0) is 25.1 Å². The smallest absolute Gasteiger partial charge is 0.416 e. The third-order valence-corrected chi connectivity index (χ3v) is 6.85. The standard InChI is InChI=1S/C18H19F3N3OS2/c1-4-26-27-11(2)16-10-13(25-3)7-8-24(16)17-22-14-6-5-12(18(19,20)21)9-15(14)23-17/h5-11H,4H2,1-3H3,(H,22,23)/q+1. The molecule has 27 heavy (non-hydrogen) atoms. The second kappa shape index (κ2) is 8.02. The van der Waals surface area contributed by atoms with E-state index in [9.17, 15) is 13.2 Å². The number of aromatic amines is 1. The van der Waals surface area contributed by atoms with Crippen molar-refractivity contribution in [3.63, 3.8) is 0 Å². The van der Waals surface area contributed by atoms with E-state index < -0.39 is 11.7 Å². The summed E-state index contributed by atoms with van der Waals surface area (Å²) in [5, 5.41) is 0.129. The summed E-state index contributed by atoms with van der Waals surface area (Å²) >= 11 is 0. The summed E-state index contributed by atoms with van der Waals surface area (Å²) in [6.07, 6.45) is -2.58. The summed E-state index contributed by atoms with van der Waals surface area (Å²) in [5.74, 6) is 2.16. The summed E-state index contributed by atoms with van der Waals surface area (Å²) < 4.78 is 46.1. The third-order valence-electron chi connectivity index (χ3n) is 3.96. The van der Waals surface area contributed by atoms with Crippen LogP contribution in [-0.4, -0.2) is 22.8 Å². The number of H-pyrrole nitrogens is 1. The van der Waals surface area contributed by atoms with E-state index in [1.807, 2.05) is 16.8 Å². The van der Waals surface area contributed by atoms with Crippen molar-refractivity contribution >= 4 is 32.6 Å². The summed E-state index contributed by atoms with van der Waals surface area (Å²) in [5.41, 5.74) is 1.07. The topological polar surface area (TPSA) is 41.8 Å². The minimum atomic E-state index is -4.39. The van der Waals surface area contributed by atoms with Crippen LogP contribution in [0, 0.1) is 0 Å². The van der Waals surface area contributed by atoms with Crippen LogP contribution in [-0.2, 0) is 6.18 Å². The molecule has 9 heteroatoms. The Morgan fingerprint density at radius 3 is 2.70 bits per heavy atom. The molecule has 0 saturated carbocycles. The van der Waals surface area contributed by atoms with Gasteiger partial charge >= 0.3 is 12.1 Å². The molecule has 0 amide bonds. The first-order valence-electron chi connectivity index (χ1n) is 8.28. The zero-order chi connectivity index (χ0) is 19.6. The van der Waals surface area contributed by atoms with Crippen LogP contribution in [0.4, 0.5) is 13.2 Å². The lowest BCUT2D eigenvalue weighted by molar-refractivity contribution is -0.611. The molecule has 0 aliphatic heterocycles. The summed E-state index contributed by atoms with van der Waals surface area (Å²) in [6.45, 7) is 4.16. The highest BCUT2D eigenvalue weighted by atomic mass is 33.1. The number of imidazole rings is 1. The van der Waals surface area contributed by atoms with E-state index in [0.717, 1.165) is 23.6 Å². The number of fused-ring (bicyclic) bond motifs is 1. The van der Waals surface area contributed by atoms with Gasteiger partial charge in [-0.3, -0.25) is 0 Å². The fourth-order valence-electron chi connectivity index (χ4n) is 2.64. The van der Waals surface area contributed by atoms with Crippen LogP contribution in [0.25, 0.3) is 17.0 Å². The number of aromatic nitrogens is 3. The second-order valence-electron chi connectivity index (χ2n) is 5.80. The van der Waals surface area contributed by atoms with Gasteiger partial charge in [-0.2, -0.15) is 13.2 Å². The third kappa shape index (κ3) is 4.35. The fourth-order valence-corrected chi connectivity index (χ4v) is 4.57. The Kier molecular flexibility index (Phi) is 5.90. The Balaban J connectivity index is 2.07. The van der Waals surface area contributed by atoms with Gasteiger partial charge in [0.2, 0.25) is 0 Å². The van der Waals surface area contributed by atoms with Crippen LogP contribution in [0.5, 0.6) is 5.75 Å². The van der Waals surface area contributed by atoms with E-state index in [-0.39, 0.29) is 5.25 Å². The average molecular weight is 414 g/mol. The van der Waals surface area contributed by atoms with E-state index in [4.69, 9.17) is 4.74 Å². The van der Waals surface area contributed by atoms with Gasteiger partial charge in [0.1, 0.15) is 17.0 Å². The number of ether oxygens (including phenoxy) is 1. The number of halogens is 3. The van der Waals surface area contributed by atoms with E-state index in [1.165, 1.54) is 6.07 Å². The van der Waals surface area contributed by atoms with E-state index in [2.05, 4.69) is 23.8 Å². The van der Waals surface area contributed by atoms with Gasteiger partial charge in [0, 0.05) is 17.9 Å². The molecule has 0 spiro atoms. The first kappa shape index (κ1) is 19.9. The fraction of sp³-hybridized carbons (Fsp3) is 0.333. The quantitative estimate of drug-likeness (QED) is 0.437. The molecule has 1 atom stereocenters. The van der Waals surface area contributed by atoms with Crippen LogP contribution >= 0.6 is 21.6 Å². The molecule has 0 aliphatic rings. The number of hydrogen-bond acceptors (Lipinski definition) is 4. The number of nitrogens with one attached hydrogen (secondary N) is 1. The van der Waals surface area contributed by atoms with E-state index in [1.54, 1.807) is 34.8 Å². The Bertz CT molecular complexity index is 943. The Labute approximate surface area is 162 Å². The molecule has 0 aliphatic carbocycles. The maximum atomic E-state index is 13.0. The minimum absolute atomic E-state index is 0.129. The molecule has 3 rings (SSSR count). The van der Waals surface area contributed by atoms with Gasteiger partial charge in [0.15, 0.2) is 5.52 Å². The molecule has 0 bridgehead atoms. The van der Waals surface area contributed by atoms with Gasteiger partial charge in [-0.1, -0.05) is 33.5 Å². The molecule has 2 heterocycles. The van der Waals surface area contributed by atoms with Crippen molar-refractivity contribution in [1.82, 2.24) is 9.97 Å². The van der Waals surface area contributed by atoms with Crippen molar-refractivity contribution < 1.29 is 22.5 Å². The van der Waals surface area contributed by atoms with Crippen LogP contribution in [0.3, 0.4) is 0 Å². The summed E-state index contributed by atoms with van der Waals surface area (Å²) in [4.78, 5) is 7.48. The van der Waals surface area contributed by atoms with Gasteiger partial charge in [-0.25, -0.2) is 9.55 Å². The van der Waals surface area contributed by atoms with Crippen LogP contribution in [0.2, 0.25) is 0 Å². The maximum Gasteiger partial charge on any atom is 0.416 e. The molecule has 0 saturated heterocycles. The normalized spacial score (nSPS) is 13.1. The lowest BCUT2D eigenvalue weighted by Gasteiger charge is -2.13. The molecular weight excluding hydrogens is 395 g/mol. The molecule has 3 aromatic rings. The minimum Gasteiger partial charge on any atom is -0.497 e. The molecule has 1 aromatic carbocycles. The number of methoxy groups -OCH3 is 1. The number of pyridine rings is 1. The monoisotopic (exact) mass is 414 g/mol. The Hall–Kier alpha value is -1.87. The van der Waals surface area contributed by atoms with Gasteiger partial charge in [0.25, 0.3) is 0 Å². The Morgan fingerprint density at radius 2 is 2.04 bits per heavy atom. The Morgan fingerprint density at radius 1 is 1.26 bits per heavy atom. The number of hydrogen-bond donors (Lipinski definition) is 1. The van der Waals surface area contributed by atoms with Crippen LogP contribution < -0.4 is 9.30 Å². The number of rotatable bonds is 6. The summed E-state index contributed by atoms with van der Waals surface area (Å²) in [6, 6.07) is 7.22. The molecular formula is C18H19F3N3OS2+. The predicted octanol–water partition coefficient (Wildman–Crippen LogP) is 5.33. The van der Waals surface area contributed by atoms with Crippen molar-refractivity contribution in [3.05, 3.63) is 47.8 Å². The second-order valence-corrected chi connectivity index (χ2v) is 8.79. The number of nitrogens with zero attached hydrogens (tertiary/aromatic N) is 2. The van der Waals surface area contributed by atoms with Crippen LogP contribution in [0.1, 0.15) is 30.4 Å². The van der Waals surface area contributed by atoms with Crippen LogP contribution in [0.15, 0.2) is 36.5 Å². The average Bonchev–Trinajstić information content (AvgIpc) is 3.07. The number of benzene rings is 1. The molecule has 4 nitrogen and oxygen atoms in total. The molecule has 0 radical (unpaired) electrons. The van der Waals surface area contributed by atoms with Crippen molar-refractivity contribution in [2.24, 2.45) is 0 Å². The summed E-state index contributed by atoms with van der Waals surface area (Å²) in [7, 11) is 5.06. The lowest BCUT2D eigenvalue weighted by atomic mass is 10.2. The zero-order valence-electron chi connectivity index (χ0n) is 15.0. The van der Waals surface area contributed by atoms with Crippen molar-refractivity contribution in [3.8, 4) is 11.7 Å². The first-order valence-corrected chi connectivity index (χ1v) is 10.7.